The lowest BCUT2D eigenvalue weighted by Gasteiger charge is -2.36. The van der Waals surface area contributed by atoms with Gasteiger partial charge in [0.25, 0.3) is 28.6 Å². The van der Waals surface area contributed by atoms with Crippen molar-refractivity contribution in [3.63, 3.8) is 0 Å². The van der Waals surface area contributed by atoms with E-state index < -0.39 is 141 Å². The SMILES string of the molecule is CO[C@@](C(=O)Nc1cccc(C(=O)N[C@@H]2C(=O)O[C@@H](C)[C@H](OC(=O)[C@](OC)(c3ccccc3)C(F)(F)F)[C@@H](Cc3ccccc3)C(=O)O[C@@H]2C)c1OC(=O)[C@](OC)(c1ccccc1)C(F)(F)F)(c1ccccc1)C(F)(F)F. The molecule has 1 aliphatic heterocycles. The van der Waals surface area contributed by atoms with Crippen LogP contribution in [0.4, 0.5) is 45.2 Å². The largest absolute Gasteiger partial charge is 0.459 e. The summed E-state index contributed by atoms with van der Waals surface area (Å²) in [5.74, 6) is -14.1. The first-order valence-electron chi connectivity index (χ1n) is 22.9. The van der Waals surface area contributed by atoms with Crippen molar-refractivity contribution in [2.24, 2.45) is 5.92 Å². The van der Waals surface area contributed by atoms with Crippen LogP contribution in [-0.2, 0) is 75.6 Å². The first kappa shape index (κ1) is 58.4. The summed E-state index contributed by atoms with van der Waals surface area (Å²) in [6.45, 7) is 2.07. The van der Waals surface area contributed by atoms with E-state index in [0.29, 0.717) is 26.9 Å². The Morgan fingerprint density at radius 2 is 0.961 bits per heavy atom. The van der Waals surface area contributed by atoms with Crippen molar-refractivity contribution in [3.05, 3.63) is 167 Å². The normalized spacial score (nSPS) is 20.7. The molecule has 0 bridgehead atoms. The summed E-state index contributed by atoms with van der Waals surface area (Å²) in [4.78, 5) is 85.5. The molecule has 0 aromatic heterocycles. The Balaban J connectivity index is 1.45. The van der Waals surface area contributed by atoms with E-state index in [4.69, 9.17) is 33.2 Å². The number of para-hydroxylation sites is 1. The van der Waals surface area contributed by atoms with Crippen LogP contribution in [0.1, 0.15) is 46.5 Å². The number of cyclic esters (lactones) is 2. The summed E-state index contributed by atoms with van der Waals surface area (Å²) < 4.78 is 173. The Bertz CT molecular complexity index is 2910. The maximum absolute atomic E-state index is 15.2. The summed E-state index contributed by atoms with van der Waals surface area (Å²) in [5, 5.41) is 3.99. The van der Waals surface area contributed by atoms with Crippen LogP contribution in [0.15, 0.2) is 140 Å². The molecule has 77 heavy (non-hydrogen) atoms. The predicted molar refractivity (Wildman–Crippen MR) is 250 cm³/mol. The fraction of sp³-hybridized carbons (Fsp3) is 0.321. The maximum atomic E-state index is 15.2. The van der Waals surface area contributed by atoms with E-state index in [1.807, 2.05) is 5.32 Å². The molecular formula is C53H47F9N2O13. The molecule has 8 atom stereocenters. The van der Waals surface area contributed by atoms with E-state index in [0.717, 1.165) is 92.7 Å². The molecule has 1 heterocycles. The number of esters is 4. The summed E-state index contributed by atoms with van der Waals surface area (Å²) in [6.07, 6.45) is -23.1. The molecule has 1 aliphatic rings. The Hall–Kier alpha value is -7.83. The molecule has 410 valence electrons. The molecule has 6 rings (SSSR count). The molecule has 0 spiro atoms. The van der Waals surface area contributed by atoms with E-state index in [9.17, 15) is 28.8 Å². The van der Waals surface area contributed by atoms with Crippen molar-refractivity contribution in [2.75, 3.05) is 26.6 Å². The van der Waals surface area contributed by atoms with E-state index in [-0.39, 0.29) is 0 Å². The van der Waals surface area contributed by atoms with Gasteiger partial charge in [-0.3, -0.25) is 14.4 Å². The van der Waals surface area contributed by atoms with Gasteiger partial charge in [-0.2, -0.15) is 39.5 Å². The summed E-state index contributed by atoms with van der Waals surface area (Å²) in [5.41, 5.74) is -15.9. The lowest BCUT2D eigenvalue weighted by atomic mass is 9.89. The van der Waals surface area contributed by atoms with Crippen molar-refractivity contribution in [1.82, 2.24) is 5.32 Å². The minimum Gasteiger partial charge on any atom is -0.459 e. The molecule has 0 unspecified atom stereocenters. The number of nitrogens with one attached hydrogen (secondary N) is 2. The average molecular weight is 1090 g/mol. The van der Waals surface area contributed by atoms with Crippen molar-refractivity contribution in [2.45, 2.75) is 80.0 Å². The second-order valence-electron chi connectivity index (χ2n) is 17.2. The van der Waals surface area contributed by atoms with Gasteiger partial charge in [-0.05, 0) is 38.0 Å². The van der Waals surface area contributed by atoms with E-state index >= 15 is 39.5 Å². The van der Waals surface area contributed by atoms with Gasteiger partial charge in [0, 0.05) is 38.0 Å². The van der Waals surface area contributed by atoms with Crippen LogP contribution in [0.25, 0.3) is 0 Å². The Morgan fingerprint density at radius 1 is 0.532 bits per heavy atom. The molecule has 15 nitrogen and oxygen atoms in total. The molecular weight excluding hydrogens is 1040 g/mol. The molecule has 2 amide bonds. The lowest BCUT2D eigenvalue weighted by Crippen LogP contribution is -2.55. The average Bonchev–Trinajstić information content (AvgIpc) is 3.46. The number of halogens is 9. The fourth-order valence-corrected chi connectivity index (χ4v) is 8.66. The number of benzene rings is 5. The van der Waals surface area contributed by atoms with Gasteiger partial charge in [0.05, 0.1) is 11.3 Å². The fourth-order valence-electron chi connectivity index (χ4n) is 8.66. The molecule has 0 aliphatic carbocycles. The van der Waals surface area contributed by atoms with Gasteiger partial charge in [0.2, 0.25) is 0 Å². The highest BCUT2D eigenvalue weighted by Crippen LogP contribution is 2.47. The number of ether oxygens (including phenoxy) is 7. The molecule has 5 aromatic rings. The number of methoxy groups -OCH3 is 3. The Kier molecular flexibility index (Phi) is 17.6. The molecule has 5 aromatic carbocycles. The third-order valence-corrected chi connectivity index (χ3v) is 12.6. The van der Waals surface area contributed by atoms with Gasteiger partial charge >= 0.3 is 42.4 Å². The molecule has 1 saturated heterocycles. The zero-order chi connectivity index (χ0) is 56.7. The monoisotopic (exact) mass is 1090 g/mol. The quantitative estimate of drug-likeness (QED) is 0.0414. The summed E-state index contributed by atoms with van der Waals surface area (Å²) >= 11 is 0. The number of anilines is 1. The zero-order valence-electron chi connectivity index (χ0n) is 41.1. The Morgan fingerprint density at radius 3 is 1.42 bits per heavy atom. The highest BCUT2D eigenvalue weighted by Gasteiger charge is 2.67. The molecule has 0 radical (unpaired) electrons. The number of hydrogen-bond acceptors (Lipinski definition) is 13. The molecule has 1 fully saturated rings. The van der Waals surface area contributed by atoms with Crippen LogP contribution < -0.4 is 15.4 Å². The third-order valence-electron chi connectivity index (χ3n) is 12.6. The number of alkyl halides is 9. The van der Waals surface area contributed by atoms with Gasteiger partial charge in [-0.25, -0.2) is 14.4 Å². The second-order valence-corrected chi connectivity index (χ2v) is 17.2. The minimum atomic E-state index is -5.68. The first-order chi connectivity index (χ1) is 36.2. The number of rotatable bonds is 16. The number of carbonyl (C=O) groups excluding carboxylic acids is 6. The first-order valence-corrected chi connectivity index (χ1v) is 22.9. The predicted octanol–water partition coefficient (Wildman–Crippen LogP) is 8.59. The van der Waals surface area contributed by atoms with Crippen molar-refractivity contribution in [3.8, 4) is 5.75 Å². The van der Waals surface area contributed by atoms with Crippen molar-refractivity contribution in [1.29, 1.82) is 0 Å². The van der Waals surface area contributed by atoms with Gasteiger partial charge in [-0.1, -0.05) is 127 Å². The van der Waals surface area contributed by atoms with Crippen LogP contribution in [-0.4, -0.2) is 99.9 Å². The topological polar surface area (TPSA) is 191 Å². The van der Waals surface area contributed by atoms with Crippen molar-refractivity contribution < 1.29 is 101 Å². The van der Waals surface area contributed by atoms with Gasteiger partial charge in [0.15, 0.2) is 17.9 Å². The highest BCUT2D eigenvalue weighted by molar-refractivity contribution is 6.06. The standard InChI is InChI=1S/C53H47F9N2O13/c1-30-39(44(67)75-31(2)40(37(43(66)74-30)29-32-19-10-6-11-20-32)76-46(69)49(72-4,52(57,58)59)34-23-14-8-15-24-34)64-42(65)36-27-18-28-38(63-45(68)48(71-3,51(54,55)56)33-21-12-7-13-22-33)41(36)77-47(70)50(73-5,53(60,61)62)35-25-16-9-17-26-35/h6-28,30-31,37,39-40H,29H2,1-5H3,(H,63,68)(H,64,65)/t30-,31+,37-,39+,40+,48-,49-,50-/m1/s1. The lowest BCUT2D eigenvalue weighted by molar-refractivity contribution is -0.280. The van der Waals surface area contributed by atoms with Crippen LogP contribution in [0, 0.1) is 5.92 Å². The number of amides is 2. The third kappa shape index (κ3) is 11.3. The van der Waals surface area contributed by atoms with E-state index in [2.05, 4.69) is 5.32 Å². The number of carbonyl (C=O) groups is 6. The molecule has 24 heteroatoms. The smallest absolute Gasteiger partial charge is 0.432 e. The van der Waals surface area contributed by atoms with Gasteiger partial charge < -0.3 is 43.8 Å². The zero-order valence-corrected chi connectivity index (χ0v) is 41.1. The van der Waals surface area contributed by atoms with Crippen LogP contribution >= 0.6 is 0 Å². The van der Waals surface area contributed by atoms with Crippen molar-refractivity contribution >= 4 is 41.4 Å². The number of hydrogen-bond donors (Lipinski definition) is 2. The van der Waals surface area contributed by atoms with E-state index in [1.165, 1.54) is 42.5 Å². The molecule has 0 saturated carbocycles. The van der Waals surface area contributed by atoms with Crippen LogP contribution in [0.2, 0.25) is 0 Å². The van der Waals surface area contributed by atoms with Gasteiger partial charge in [0.1, 0.15) is 18.1 Å². The molecule has 2 N–H and O–H groups in total. The minimum absolute atomic E-state index is 0.341. The Labute approximate surface area is 432 Å². The summed E-state index contributed by atoms with van der Waals surface area (Å²) in [7, 11) is 1.60. The second kappa shape index (κ2) is 23.2. The highest BCUT2D eigenvalue weighted by atomic mass is 19.4. The van der Waals surface area contributed by atoms with E-state index in [1.54, 1.807) is 18.2 Å². The maximum Gasteiger partial charge on any atom is 0.432 e. The summed E-state index contributed by atoms with van der Waals surface area (Å²) in [6, 6.07) is 23.9. The van der Waals surface area contributed by atoms with Gasteiger partial charge in [-0.15, -0.1) is 0 Å². The van der Waals surface area contributed by atoms with Crippen LogP contribution in [0.3, 0.4) is 0 Å². The van der Waals surface area contributed by atoms with Crippen LogP contribution in [0.5, 0.6) is 5.75 Å².